The van der Waals surface area contributed by atoms with Gasteiger partial charge in [-0.1, -0.05) is 32.4 Å². The molecule has 0 saturated heterocycles. The molecule has 2 unspecified atom stereocenters. The summed E-state index contributed by atoms with van der Waals surface area (Å²) in [6, 6.07) is 7.26. The maximum atomic E-state index is 11.9. The highest BCUT2D eigenvalue weighted by atomic mass is 16.5. The molecule has 2 atom stereocenters. The van der Waals surface area contributed by atoms with Crippen LogP contribution in [0, 0.1) is 5.92 Å². The zero-order valence-corrected chi connectivity index (χ0v) is 12.0. The molecule has 0 aliphatic carbocycles. The fourth-order valence-electron chi connectivity index (χ4n) is 1.73. The second-order valence-electron chi connectivity index (χ2n) is 4.71. The Hall–Kier alpha value is -1.55. The molecule has 1 amide bonds. The molecule has 0 fully saturated rings. The van der Waals surface area contributed by atoms with Crippen molar-refractivity contribution in [3.05, 3.63) is 29.8 Å². The van der Waals surface area contributed by atoms with Gasteiger partial charge in [-0.05, 0) is 30.5 Å². The van der Waals surface area contributed by atoms with Gasteiger partial charge in [0.25, 0.3) is 0 Å². The van der Waals surface area contributed by atoms with Gasteiger partial charge in [0.05, 0.1) is 12.6 Å². The van der Waals surface area contributed by atoms with Crippen LogP contribution in [-0.4, -0.2) is 18.6 Å². The Balaban J connectivity index is 2.52. The van der Waals surface area contributed by atoms with Crippen LogP contribution >= 0.6 is 0 Å². The van der Waals surface area contributed by atoms with Crippen LogP contribution in [0.15, 0.2) is 24.3 Å². The van der Waals surface area contributed by atoms with Gasteiger partial charge in [0.1, 0.15) is 5.75 Å². The highest BCUT2D eigenvalue weighted by molar-refractivity contribution is 5.81. The van der Waals surface area contributed by atoms with Gasteiger partial charge in [0, 0.05) is 6.54 Å². The van der Waals surface area contributed by atoms with Crippen molar-refractivity contribution in [1.29, 1.82) is 0 Å². The van der Waals surface area contributed by atoms with Crippen molar-refractivity contribution in [2.75, 3.05) is 6.61 Å². The van der Waals surface area contributed by atoms with E-state index in [1.165, 1.54) is 0 Å². The number of ether oxygens (including phenoxy) is 1. The maximum Gasteiger partial charge on any atom is 0.237 e. The number of hydrogen-bond donors (Lipinski definition) is 2. The maximum absolute atomic E-state index is 11.9. The van der Waals surface area contributed by atoms with Gasteiger partial charge >= 0.3 is 0 Å². The molecule has 3 N–H and O–H groups in total. The third-order valence-corrected chi connectivity index (χ3v) is 3.24. The van der Waals surface area contributed by atoms with Gasteiger partial charge in [-0.3, -0.25) is 4.79 Å². The lowest BCUT2D eigenvalue weighted by atomic mass is 9.99. The fourth-order valence-corrected chi connectivity index (χ4v) is 1.73. The van der Waals surface area contributed by atoms with E-state index in [4.69, 9.17) is 10.5 Å². The minimum atomic E-state index is -0.444. The lowest BCUT2D eigenvalue weighted by Gasteiger charge is -2.17. The van der Waals surface area contributed by atoms with E-state index in [2.05, 4.69) is 5.32 Å². The first-order valence-electron chi connectivity index (χ1n) is 6.83. The number of carbonyl (C=O) groups is 1. The molecule has 1 aromatic rings. The molecule has 0 radical (unpaired) electrons. The molecule has 0 saturated carbocycles. The van der Waals surface area contributed by atoms with Crippen LogP contribution in [0.5, 0.6) is 5.75 Å². The van der Waals surface area contributed by atoms with Crippen molar-refractivity contribution in [1.82, 2.24) is 5.32 Å². The summed E-state index contributed by atoms with van der Waals surface area (Å²) in [6.07, 6.45) is 0.897. The molecule has 106 valence electrons. The average molecular weight is 264 g/mol. The number of carbonyl (C=O) groups excluding carboxylic acids is 1. The molecule has 0 bridgehead atoms. The predicted molar refractivity (Wildman–Crippen MR) is 76.9 cm³/mol. The molecule has 4 nitrogen and oxygen atoms in total. The first kappa shape index (κ1) is 15.5. The molecule has 0 heterocycles. The van der Waals surface area contributed by atoms with Crippen LogP contribution in [-0.2, 0) is 11.3 Å². The fraction of sp³-hybridized carbons (Fsp3) is 0.533. The Morgan fingerprint density at radius 3 is 2.79 bits per heavy atom. The van der Waals surface area contributed by atoms with Crippen LogP contribution in [0.1, 0.15) is 32.8 Å². The first-order valence-corrected chi connectivity index (χ1v) is 6.83. The number of benzene rings is 1. The monoisotopic (exact) mass is 264 g/mol. The summed E-state index contributed by atoms with van der Waals surface area (Å²) in [5.41, 5.74) is 6.89. The predicted octanol–water partition coefficient (Wildman–Crippen LogP) is 2.07. The molecule has 0 spiro atoms. The summed E-state index contributed by atoms with van der Waals surface area (Å²) in [7, 11) is 0. The summed E-state index contributed by atoms with van der Waals surface area (Å²) < 4.78 is 5.42. The molecular formula is C15H24N2O2. The minimum absolute atomic E-state index is 0.101. The van der Waals surface area contributed by atoms with Gasteiger partial charge in [0.2, 0.25) is 5.91 Å². The quantitative estimate of drug-likeness (QED) is 0.792. The Kier molecular flexibility index (Phi) is 6.36. The van der Waals surface area contributed by atoms with Crippen molar-refractivity contribution in [2.45, 2.75) is 39.8 Å². The van der Waals surface area contributed by atoms with Crippen LogP contribution in [0.2, 0.25) is 0 Å². The zero-order valence-electron chi connectivity index (χ0n) is 12.0. The lowest BCUT2D eigenvalue weighted by molar-refractivity contribution is -0.123. The highest BCUT2D eigenvalue weighted by Crippen LogP contribution is 2.13. The topological polar surface area (TPSA) is 64.3 Å². The first-order chi connectivity index (χ1) is 9.08. The Morgan fingerprint density at radius 1 is 1.42 bits per heavy atom. The number of nitrogens with two attached hydrogens (primary N) is 1. The molecule has 1 aromatic carbocycles. The van der Waals surface area contributed by atoms with Crippen molar-refractivity contribution in [3.8, 4) is 5.75 Å². The summed E-state index contributed by atoms with van der Waals surface area (Å²) >= 11 is 0. The summed E-state index contributed by atoms with van der Waals surface area (Å²) in [5.74, 6) is 0.909. The SMILES string of the molecule is CCOc1cccc(CNC(=O)C(N)C(C)CC)c1. The van der Waals surface area contributed by atoms with E-state index >= 15 is 0 Å². The summed E-state index contributed by atoms with van der Waals surface area (Å²) in [6.45, 7) is 7.07. The second kappa shape index (κ2) is 7.79. The smallest absolute Gasteiger partial charge is 0.237 e. The van der Waals surface area contributed by atoms with E-state index in [0.717, 1.165) is 17.7 Å². The van der Waals surface area contributed by atoms with E-state index in [-0.39, 0.29) is 11.8 Å². The van der Waals surface area contributed by atoms with Crippen LogP contribution in [0.25, 0.3) is 0 Å². The molecule has 0 aromatic heterocycles. The Labute approximate surface area is 115 Å². The molecular weight excluding hydrogens is 240 g/mol. The van der Waals surface area contributed by atoms with Gasteiger partial charge < -0.3 is 15.8 Å². The van der Waals surface area contributed by atoms with E-state index in [1.807, 2.05) is 45.0 Å². The molecule has 1 rings (SSSR count). The van der Waals surface area contributed by atoms with Crippen molar-refractivity contribution in [2.24, 2.45) is 11.7 Å². The molecule has 0 aliphatic rings. The van der Waals surface area contributed by atoms with Crippen LogP contribution < -0.4 is 15.8 Å². The second-order valence-corrected chi connectivity index (χ2v) is 4.71. The largest absolute Gasteiger partial charge is 0.494 e. The number of amides is 1. The van der Waals surface area contributed by atoms with E-state index in [9.17, 15) is 4.79 Å². The van der Waals surface area contributed by atoms with Crippen molar-refractivity contribution in [3.63, 3.8) is 0 Å². The van der Waals surface area contributed by atoms with Gasteiger partial charge in [0.15, 0.2) is 0 Å². The van der Waals surface area contributed by atoms with Gasteiger partial charge in [-0.15, -0.1) is 0 Å². The van der Waals surface area contributed by atoms with E-state index in [0.29, 0.717) is 13.2 Å². The minimum Gasteiger partial charge on any atom is -0.494 e. The normalized spacial score (nSPS) is 13.7. The van der Waals surface area contributed by atoms with Crippen LogP contribution in [0.4, 0.5) is 0 Å². The standard InChI is InChI=1S/C15H24N2O2/c1-4-11(3)14(16)15(18)17-10-12-7-6-8-13(9-12)19-5-2/h6-9,11,14H,4-5,10,16H2,1-3H3,(H,17,18). The molecule has 19 heavy (non-hydrogen) atoms. The summed E-state index contributed by atoms with van der Waals surface area (Å²) in [4.78, 5) is 11.9. The number of hydrogen-bond acceptors (Lipinski definition) is 3. The van der Waals surface area contributed by atoms with Crippen LogP contribution in [0.3, 0.4) is 0 Å². The highest BCUT2D eigenvalue weighted by Gasteiger charge is 2.18. The Morgan fingerprint density at radius 2 is 2.16 bits per heavy atom. The van der Waals surface area contributed by atoms with Crippen molar-refractivity contribution < 1.29 is 9.53 Å². The number of nitrogens with one attached hydrogen (secondary N) is 1. The average Bonchev–Trinajstić information content (AvgIpc) is 2.44. The lowest BCUT2D eigenvalue weighted by Crippen LogP contribution is -2.44. The molecule has 4 heteroatoms. The molecule has 0 aliphatic heterocycles. The zero-order chi connectivity index (χ0) is 14.3. The van der Waals surface area contributed by atoms with Crippen molar-refractivity contribution >= 4 is 5.91 Å². The van der Waals surface area contributed by atoms with E-state index < -0.39 is 6.04 Å². The third kappa shape index (κ3) is 4.91. The van der Waals surface area contributed by atoms with Gasteiger partial charge in [-0.2, -0.15) is 0 Å². The number of rotatable bonds is 7. The van der Waals surface area contributed by atoms with E-state index in [1.54, 1.807) is 0 Å². The Bertz CT molecular complexity index is 407. The van der Waals surface area contributed by atoms with Gasteiger partial charge in [-0.25, -0.2) is 0 Å². The summed E-state index contributed by atoms with van der Waals surface area (Å²) in [5, 5.41) is 2.86. The third-order valence-electron chi connectivity index (χ3n) is 3.24.